The lowest BCUT2D eigenvalue weighted by molar-refractivity contribution is 0.0600. The van der Waals surface area contributed by atoms with Crippen LogP contribution in [0.4, 0.5) is 10.6 Å². The van der Waals surface area contributed by atoms with Crippen molar-refractivity contribution in [1.29, 1.82) is 0 Å². The molecule has 0 saturated heterocycles. The fourth-order valence-corrected chi connectivity index (χ4v) is 2.11. The summed E-state index contributed by atoms with van der Waals surface area (Å²) in [5.74, 6) is 0.326. The van der Waals surface area contributed by atoms with E-state index in [1.165, 1.54) is 6.20 Å². The molecule has 7 heteroatoms. The third kappa shape index (κ3) is 4.14. The molecule has 0 spiro atoms. The number of urea groups is 1. The maximum absolute atomic E-state index is 11.7. The Balaban J connectivity index is 1.96. The molecule has 0 fully saturated rings. The molecule has 1 aromatic heterocycles. The lowest BCUT2D eigenvalue weighted by Gasteiger charge is -2.25. The zero-order valence-corrected chi connectivity index (χ0v) is 12.1. The summed E-state index contributed by atoms with van der Waals surface area (Å²) in [7, 11) is 0. The molecule has 110 valence electrons. The molecular formula is C14H15ClN4O2. The molecule has 2 rings (SSSR count). The summed E-state index contributed by atoms with van der Waals surface area (Å²) in [6.45, 7) is 1.58. The number of amides is 2. The predicted molar refractivity (Wildman–Crippen MR) is 80.1 cm³/mol. The monoisotopic (exact) mass is 306 g/mol. The molecule has 2 aromatic rings. The van der Waals surface area contributed by atoms with E-state index < -0.39 is 11.6 Å². The zero-order valence-electron chi connectivity index (χ0n) is 11.4. The average molecular weight is 307 g/mol. The van der Waals surface area contributed by atoms with Crippen LogP contribution in [-0.4, -0.2) is 27.9 Å². The minimum absolute atomic E-state index is 0.00281. The van der Waals surface area contributed by atoms with Crippen molar-refractivity contribution in [2.75, 3.05) is 11.9 Å². The highest BCUT2D eigenvalue weighted by atomic mass is 35.5. The third-order valence-corrected chi connectivity index (χ3v) is 3.19. The molecule has 6 nitrogen and oxygen atoms in total. The van der Waals surface area contributed by atoms with Gasteiger partial charge in [0.1, 0.15) is 5.60 Å². The van der Waals surface area contributed by atoms with Gasteiger partial charge in [-0.25, -0.2) is 4.79 Å². The van der Waals surface area contributed by atoms with Crippen LogP contribution in [0.2, 0.25) is 5.02 Å². The van der Waals surface area contributed by atoms with E-state index in [2.05, 4.69) is 20.8 Å². The second kappa shape index (κ2) is 6.51. The normalized spacial score (nSPS) is 13.3. The number of aromatic nitrogens is 2. The van der Waals surface area contributed by atoms with Gasteiger partial charge < -0.3 is 10.4 Å². The molecule has 1 atom stereocenters. The first-order chi connectivity index (χ1) is 9.99. The van der Waals surface area contributed by atoms with Gasteiger partial charge >= 0.3 is 6.03 Å². The first kappa shape index (κ1) is 15.2. The number of halogens is 1. The van der Waals surface area contributed by atoms with Crippen LogP contribution in [0, 0.1) is 0 Å². The lowest BCUT2D eigenvalue weighted by atomic mass is 9.96. The Morgan fingerprint density at radius 2 is 2.10 bits per heavy atom. The summed E-state index contributed by atoms with van der Waals surface area (Å²) in [4.78, 5) is 11.7. The van der Waals surface area contributed by atoms with Crippen molar-refractivity contribution in [3.63, 3.8) is 0 Å². The summed E-state index contributed by atoms with van der Waals surface area (Å²) in [6, 6.07) is 9.73. The Labute approximate surface area is 127 Å². The molecule has 1 heterocycles. The van der Waals surface area contributed by atoms with Gasteiger partial charge in [-0.3, -0.25) is 5.32 Å². The Bertz CT molecular complexity index is 619. The van der Waals surface area contributed by atoms with Crippen molar-refractivity contribution in [2.24, 2.45) is 0 Å². The molecule has 2 amide bonds. The van der Waals surface area contributed by atoms with Crippen LogP contribution in [0.1, 0.15) is 12.5 Å². The van der Waals surface area contributed by atoms with Gasteiger partial charge in [-0.2, -0.15) is 5.10 Å². The first-order valence-corrected chi connectivity index (χ1v) is 6.67. The maximum Gasteiger partial charge on any atom is 0.320 e. The van der Waals surface area contributed by atoms with Gasteiger partial charge in [-0.05, 0) is 25.1 Å². The summed E-state index contributed by atoms with van der Waals surface area (Å²) >= 11 is 6.05. The Kier molecular flexibility index (Phi) is 4.72. The van der Waals surface area contributed by atoms with Crippen LogP contribution < -0.4 is 10.6 Å². The van der Waals surface area contributed by atoms with Crippen molar-refractivity contribution < 1.29 is 9.90 Å². The van der Waals surface area contributed by atoms with E-state index in [1.807, 2.05) is 0 Å². The first-order valence-electron chi connectivity index (χ1n) is 6.29. The van der Waals surface area contributed by atoms with E-state index >= 15 is 0 Å². The number of hydrogen-bond acceptors (Lipinski definition) is 4. The number of anilines is 1. The number of hydrogen-bond donors (Lipinski definition) is 3. The van der Waals surface area contributed by atoms with Crippen molar-refractivity contribution in [1.82, 2.24) is 15.5 Å². The summed E-state index contributed by atoms with van der Waals surface area (Å²) < 4.78 is 0. The summed E-state index contributed by atoms with van der Waals surface area (Å²) in [5, 5.41) is 23.3. The van der Waals surface area contributed by atoms with Crippen molar-refractivity contribution in [3.05, 3.63) is 53.2 Å². The van der Waals surface area contributed by atoms with Gasteiger partial charge in [0.25, 0.3) is 0 Å². The number of nitrogens with zero attached hydrogens (tertiary/aromatic N) is 2. The van der Waals surface area contributed by atoms with Gasteiger partial charge in [0.05, 0.1) is 6.54 Å². The van der Waals surface area contributed by atoms with Crippen LogP contribution in [-0.2, 0) is 5.60 Å². The number of carbonyl (C=O) groups is 1. The molecule has 0 aliphatic rings. The highest BCUT2D eigenvalue weighted by Crippen LogP contribution is 2.27. The van der Waals surface area contributed by atoms with Crippen LogP contribution in [0.25, 0.3) is 0 Å². The summed E-state index contributed by atoms with van der Waals surface area (Å²) in [5.41, 5.74) is -0.732. The molecule has 0 aliphatic carbocycles. The minimum Gasteiger partial charge on any atom is -0.384 e. The Morgan fingerprint density at radius 3 is 2.76 bits per heavy atom. The molecule has 0 saturated carbocycles. The molecule has 3 N–H and O–H groups in total. The molecule has 0 bridgehead atoms. The van der Waals surface area contributed by atoms with Gasteiger partial charge in [-0.1, -0.05) is 29.8 Å². The van der Waals surface area contributed by atoms with E-state index in [1.54, 1.807) is 43.3 Å². The lowest BCUT2D eigenvalue weighted by Crippen LogP contribution is -2.40. The largest absolute Gasteiger partial charge is 0.384 e. The standard InChI is InChI=1S/C14H15ClN4O2/c1-14(21,10-5-2-3-6-11(10)15)9-16-13(20)18-12-7-4-8-17-19-12/h2-8,21H,9H2,1H3,(H2,16,18,19,20)/t14-/m1/s1. The highest BCUT2D eigenvalue weighted by Gasteiger charge is 2.26. The van der Waals surface area contributed by atoms with Crippen molar-refractivity contribution >= 4 is 23.4 Å². The van der Waals surface area contributed by atoms with Gasteiger partial charge in [0, 0.05) is 16.8 Å². The predicted octanol–water partition coefficient (Wildman–Crippen LogP) is 2.16. The number of nitrogens with one attached hydrogen (secondary N) is 2. The van der Waals surface area contributed by atoms with Crippen LogP contribution in [0.3, 0.4) is 0 Å². The van der Waals surface area contributed by atoms with E-state index in [4.69, 9.17) is 11.6 Å². The Morgan fingerprint density at radius 1 is 1.33 bits per heavy atom. The quantitative estimate of drug-likeness (QED) is 0.808. The topological polar surface area (TPSA) is 87.1 Å². The second-order valence-electron chi connectivity index (χ2n) is 4.67. The van der Waals surface area contributed by atoms with Gasteiger partial charge in [-0.15, -0.1) is 5.10 Å². The van der Waals surface area contributed by atoms with Crippen LogP contribution >= 0.6 is 11.6 Å². The molecule has 0 aliphatic heterocycles. The Hall–Kier alpha value is -2.18. The maximum atomic E-state index is 11.7. The van der Waals surface area contributed by atoms with E-state index in [0.717, 1.165) is 0 Å². The fraction of sp³-hybridized carbons (Fsp3) is 0.214. The molecular weight excluding hydrogens is 292 g/mol. The SMILES string of the molecule is C[C@@](O)(CNC(=O)Nc1cccnn1)c1ccccc1Cl. The van der Waals surface area contributed by atoms with Crippen LogP contribution in [0.5, 0.6) is 0 Å². The summed E-state index contributed by atoms with van der Waals surface area (Å²) in [6.07, 6.45) is 1.51. The van der Waals surface area contributed by atoms with E-state index in [0.29, 0.717) is 16.4 Å². The molecule has 21 heavy (non-hydrogen) atoms. The number of rotatable bonds is 4. The molecule has 0 radical (unpaired) electrons. The minimum atomic E-state index is -1.28. The number of aliphatic hydroxyl groups is 1. The van der Waals surface area contributed by atoms with Crippen molar-refractivity contribution in [2.45, 2.75) is 12.5 Å². The third-order valence-electron chi connectivity index (χ3n) is 2.86. The fourth-order valence-electron chi connectivity index (χ4n) is 1.77. The smallest absolute Gasteiger partial charge is 0.320 e. The molecule has 0 unspecified atom stereocenters. The average Bonchev–Trinajstić information content (AvgIpc) is 2.47. The second-order valence-corrected chi connectivity index (χ2v) is 5.08. The van der Waals surface area contributed by atoms with E-state index in [9.17, 15) is 9.90 Å². The molecule has 1 aromatic carbocycles. The zero-order chi connectivity index (χ0) is 15.3. The highest BCUT2D eigenvalue weighted by molar-refractivity contribution is 6.31. The number of benzene rings is 1. The van der Waals surface area contributed by atoms with Gasteiger partial charge in [0.15, 0.2) is 5.82 Å². The van der Waals surface area contributed by atoms with E-state index in [-0.39, 0.29) is 6.54 Å². The van der Waals surface area contributed by atoms with Gasteiger partial charge in [0.2, 0.25) is 0 Å². The van der Waals surface area contributed by atoms with Crippen LogP contribution in [0.15, 0.2) is 42.6 Å². The number of carbonyl (C=O) groups excluding carboxylic acids is 1. The van der Waals surface area contributed by atoms with Crippen molar-refractivity contribution in [3.8, 4) is 0 Å².